The van der Waals surface area contributed by atoms with Gasteiger partial charge in [0.1, 0.15) is 5.82 Å². The van der Waals surface area contributed by atoms with Crippen molar-refractivity contribution < 1.29 is 27.2 Å². The zero-order valence-corrected chi connectivity index (χ0v) is 22.7. The fraction of sp³-hybridized carbons (Fsp3) is 0.455. The molecule has 33 heavy (non-hydrogen) atoms. The maximum atomic E-state index is 14.5. The molecule has 1 amide bonds. The summed E-state index contributed by atoms with van der Waals surface area (Å²) >= 11 is 2.06. The Labute approximate surface area is 206 Å². The molecule has 0 fully saturated rings. The quantitative estimate of drug-likeness (QED) is 0.118. The molecule has 6 nitrogen and oxygen atoms in total. The zero-order chi connectivity index (χ0) is 25.0. The average Bonchev–Trinajstić information content (AvgIpc) is 2.71. The largest absolute Gasteiger partial charge is 0.417 e. The SMILES string of the molecule is Cc1cc(I)cnc1Nc1c(C(=O)NOCCCO[Si](C)(C)C(C)(C)C)cc(F)c(F)c1F. The third-order valence-corrected chi connectivity index (χ3v) is 10.6. The van der Waals surface area contributed by atoms with E-state index in [2.05, 4.69) is 72.2 Å². The Bertz CT molecular complexity index is 1020. The molecule has 182 valence electrons. The number of amides is 1. The molecule has 0 saturated heterocycles. The summed E-state index contributed by atoms with van der Waals surface area (Å²) in [5.41, 5.74) is 1.80. The number of rotatable bonds is 9. The van der Waals surface area contributed by atoms with Crippen LogP contribution in [0.15, 0.2) is 18.3 Å². The maximum Gasteiger partial charge on any atom is 0.277 e. The number of carbonyl (C=O) groups excluding carboxylic acids is 1. The number of aromatic nitrogens is 1. The van der Waals surface area contributed by atoms with Gasteiger partial charge in [0.25, 0.3) is 5.91 Å². The van der Waals surface area contributed by atoms with Gasteiger partial charge in [-0.2, -0.15) is 0 Å². The van der Waals surface area contributed by atoms with E-state index in [9.17, 15) is 18.0 Å². The van der Waals surface area contributed by atoms with E-state index in [0.29, 0.717) is 24.7 Å². The minimum atomic E-state index is -1.89. The number of carbonyl (C=O) groups is 1. The first-order valence-corrected chi connectivity index (χ1v) is 14.4. The van der Waals surface area contributed by atoms with Crippen LogP contribution in [-0.2, 0) is 9.26 Å². The third-order valence-electron chi connectivity index (χ3n) is 5.52. The van der Waals surface area contributed by atoms with Crippen LogP contribution < -0.4 is 10.8 Å². The second-order valence-electron chi connectivity index (χ2n) is 9.09. The van der Waals surface area contributed by atoms with Gasteiger partial charge in [0.15, 0.2) is 25.8 Å². The first kappa shape index (κ1) is 27.5. The van der Waals surface area contributed by atoms with Gasteiger partial charge in [-0.05, 0) is 71.8 Å². The van der Waals surface area contributed by atoms with Crippen molar-refractivity contribution in [2.45, 2.75) is 52.2 Å². The molecule has 2 aromatic rings. The van der Waals surface area contributed by atoms with Crippen LogP contribution in [0.4, 0.5) is 24.7 Å². The number of pyridine rings is 1. The van der Waals surface area contributed by atoms with Crippen LogP contribution in [0.5, 0.6) is 0 Å². The van der Waals surface area contributed by atoms with Crippen LogP contribution in [0.25, 0.3) is 0 Å². The Kier molecular flexibility index (Phi) is 9.30. The Morgan fingerprint density at radius 2 is 1.82 bits per heavy atom. The fourth-order valence-electron chi connectivity index (χ4n) is 2.53. The molecule has 1 heterocycles. The van der Waals surface area contributed by atoms with Gasteiger partial charge in [-0.25, -0.2) is 23.6 Å². The molecule has 0 aliphatic rings. The second kappa shape index (κ2) is 11.1. The lowest BCUT2D eigenvalue weighted by Gasteiger charge is -2.36. The molecular weight excluding hydrogens is 566 g/mol. The van der Waals surface area contributed by atoms with Crippen LogP contribution in [-0.4, -0.2) is 32.4 Å². The summed E-state index contributed by atoms with van der Waals surface area (Å²) in [6, 6.07) is 2.38. The number of nitrogens with one attached hydrogen (secondary N) is 2. The minimum absolute atomic E-state index is 0.0758. The predicted molar refractivity (Wildman–Crippen MR) is 132 cm³/mol. The van der Waals surface area contributed by atoms with E-state index in [4.69, 9.17) is 9.26 Å². The summed E-state index contributed by atoms with van der Waals surface area (Å²) in [6.45, 7) is 13.0. The van der Waals surface area contributed by atoms with Crippen molar-refractivity contribution in [1.29, 1.82) is 0 Å². The molecule has 2 rings (SSSR count). The van der Waals surface area contributed by atoms with Crippen molar-refractivity contribution in [3.63, 3.8) is 0 Å². The molecule has 0 radical (unpaired) electrons. The Balaban J connectivity index is 2.06. The van der Waals surface area contributed by atoms with Crippen molar-refractivity contribution in [1.82, 2.24) is 10.5 Å². The van der Waals surface area contributed by atoms with Crippen LogP contribution in [0, 0.1) is 27.9 Å². The summed E-state index contributed by atoms with van der Waals surface area (Å²) in [6.07, 6.45) is 2.03. The van der Waals surface area contributed by atoms with Crippen LogP contribution in [0.2, 0.25) is 18.1 Å². The monoisotopic (exact) mass is 595 g/mol. The summed E-state index contributed by atoms with van der Waals surface area (Å²) in [4.78, 5) is 21.8. The summed E-state index contributed by atoms with van der Waals surface area (Å²) in [5.74, 6) is -5.43. The third kappa shape index (κ3) is 7.14. The number of aryl methyl sites for hydroxylation is 1. The lowest BCUT2D eigenvalue weighted by molar-refractivity contribution is 0.0266. The van der Waals surface area contributed by atoms with Gasteiger partial charge in [-0.3, -0.25) is 9.63 Å². The van der Waals surface area contributed by atoms with E-state index >= 15 is 0 Å². The van der Waals surface area contributed by atoms with Crippen molar-refractivity contribution in [3.05, 3.63) is 50.5 Å². The topological polar surface area (TPSA) is 72.5 Å². The fourth-order valence-corrected chi connectivity index (χ4v) is 4.23. The number of halogens is 4. The summed E-state index contributed by atoms with van der Waals surface area (Å²) in [5, 5.41) is 2.67. The number of nitrogens with zero attached hydrogens (tertiary/aromatic N) is 1. The smallest absolute Gasteiger partial charge is 0.277 e. The molecule has 0 bridgehead atoms. The van der Waals surface area contributed by atoms with Crippen LogP contribution in [0.3, 0.4) is 0 Å². The van der Waals surface area contributed by atoms with Gasteiger partial charge in [-0.1, -0.05) is 20.8 Å². The van der Waals surface area contributed by atoms with Crippen LogP contribution >= 0.6 is 22.6 Å². The first-order chi connectivity index (χ1) is 15.2. The lowest BCUT2D eigenvalue weighted by atomic mass is 10.1. The van der Waals surface area contributed by atoms with Crippen molar-refractivity contribution in [2.75, 3.05) is 18.5 Å². The van der Waals surface area contributed by atoms with E-state index < -0.39 is 42.9 Å². The first-order valence-electron chi connectivity index (χ1n) is 10.4. The lowest BCUT2D eigenvalue weighted by Crippen LogP contribution is -2.41. The highest BCUT2D eigenvalue weighted by Gasteiger charge is 2.36. The molecule has 0 unspecified atom stereocenters. The van der Waals surface area contributed by atoms with E-state index in [1.807, 2.05) is 0 Å². The van der Waals surface area contributed by atoms with Gasteiger partial charge in [-0.15, -0.1) is 0 Å². The number of hydroxylamine groups is 1. The highest BCUT2D eigenvalue weighted by Crippen LogP contribution is 2.36. The molecule has 0 aliphatic heterocycles. The van der Waals surface area contributed by atoms with Crippen molar-refractivity contribution >= 4 is 48.3 Å². The molecule has 1 aromatic carbocycles. The number of anilines is 2. The zero-order valence-electron chi connectivity index (χ0n) is 19.5. The second-order valence-corrected chi connectivity index (χ2v) is 15.1. The normalized spacial score (nSPS) is 12.1. The predicted octanol–water partition coefficient (Wildman–Crippen LogP) is 6.23. The van der Waals surface area contributed by atoms with Crippen molar-refractivity contribution in [3.8, 4) is 0 Å². The maximum absolute atomic E-state index is 14.5. The van der Waals surface area contributed by atoms with Gasteiger partial charge >= 0.3 is 0 Å². The van der Waals surface area contributed by atoms with E-state index in [1.54, 1.807) is 13.0 Å². The van der Waals surface area contributed by atoms with E-state index in [0.717, 1.165) is 3.57 Å². The Hall–Kier alpha value is -1.70. The molecule has 11 heteroatoms. The molecule has 1 aromatic heterocycles. The molecule has 2 N–H and O–H groups in total. The number of benzene rings is 1. The highest BCUT2D eigenvalue weighted by molar-refractivity contribution is 14.1. The number of hydrogen-bond acceptors (Lipinski definition) is 5. The minimum Gasteiger partial charge on any atom is -0.417 e. The van der Waals surface area contributed by atoms with Crippen LogP contribution in [0.1, 0.15) is 43.1 Å². The van der Waals surface area contributed by atoms with Gasteiger partial charge in [0, 0.05) is 16.4 Å². The average molecular weight is 595 g/mol. The highest BCUT2D eigenvalue weighted by atomic mass is 127. The Morgan fingerprint density at radius 3 is 2.42 bits per heavy atom. The number of hydrogen-bond donors (Lipinski definition) is 2. The molecule has 0 atom stereocenters. The summed E-state index contributed by atoms with van der Waals surface area (Å²) in [7, 11) is -1.89. The van der Waals surface area contributed by atoms with Gasteiger partial charge < -0.3 is 9.74 Å². The van der Waals surface area contributed by atoms with E-state index in [-0.39, 0.29) is 17.5 Å². The Morgan fingerprint density at radius 1 is 1.15 bits per heavy atom. The molecule has 0 spiro atoms. The standard InChI is InChI=1S/C22H29F3IN3O3Si/c1-13-10-14(26)12-27-20(13)28-19-15(11-16(23)17(24)18(19)25)21(30)29-31-8-7-9-32-33(5,6)22(2,3)4/h10-12H,7-9H2,1-6H3,(H,27,28)(H,29,30). The van der Waals surface area contributed by atoms with Gasteiger partial charge in [0.05, 0.1) is 17.9 Å². The molecule has 0 aliphatic carbocycles. The summed E-state index contributed by atoms with van der Waals surface area (Å²) < 4.78 is 49.1. The molecule has 0 saturated carbocycles. The van der Waals surface area contributed by atoms with Crippen molar-refractivity contribution in [2.24, 2.45) is 0 Å². The van der Waals surface area contributed by atoms with Gasteiger partial charge in [0.2, 0.25) is 0 Å². The van der Waals surface area contributed by atoms with E-state index in [1.165, 1.54) is 6.20 Å². The molecular formula is C22H29F3IN3O3Si.